The average molecular weight is 326 g/mol. The summed E-state index contributed by atoms with van der Waals surface area (Å²) in [6, 6.07) is 7.27. The number of hydrogen-bond acceptors (Lipinski definition) is 3. The molecule has 0 aliphatic rings. The zero-order chi connectivity index (χ0) is 16.8. The molecule has 1 aromatic rings. The number of aryl methyl sites for hydroxylation is 1. The molecule has 0 saturated carbocycles. The number of carbonyl (C=O) groups is 1. The van der Waals surface area contributed by atoms with Crippen LogP contribution in [0.25, 0.3) is 0 Å². The molecule has 0 aliphatic carbocycles. The van der Waals surface area contributed by atoms with Crippen molar-refractivity contribution in [2.75, 3.05) is 30.7 Å². The van der Waals surface area contributed by atoms with Crippen LogP contribution in [0.1, 0.15) is 32.3 Å². The topological polar surface area (TPSA) is 57.7 Å². The van der Waals surface area contributed by atoms with Gasteiger partial charge >= 0.3 is 0 Å². The third kappa shape index (κ3) is 5.33. The second-order valence-electron chi connectivity index (χ2n) is 5.46. The molecule has 0 saturated heterocycles. The van der Waals surface area contributed by atoms with E-state index in [1.165, 1.54) is 0 Å². The smallest absolute Gasteiger partial charge is 0.243 e. The van der Waals surface area contributed by atoms with Crippen molar-refractivity contribution in [3.05, 3.63) is 29.8 Å². The van der Waals surface area contributed by atoms with E-state index in [1.54, 1.807) is 24.1 Å². The summed E-state index contributed by atoms with van der Waals surface area (Å²) < 4.78 is 25.2. The summed E-state index contributed by atoms with van der Waals surface area (Å²) in [5.74, 6) is -0.196. The van der Waals surface area contributed by atoms with E-state index in [0.29, 0.717) is 12.2 Å². The monoisotopic (exact) mass is 326 g/mol. The third-order valence-corrected chi connectivity index (χ3v) is 4.73. The Labute approximate surface area is 134 Å². The highest BCUT2D eigenvalue weighted by molar-refractivity contribution is 7.92. The number of hydrogen-bond donors (Lipinski definition) is 0. The molecule has 1 rings (SSSR count). The lowest BCUT2D eigenvalue weighted by molar-refractivity contribution is -0.128. The fourth-order valence-electron chi connectivity index (χ4n) is 2.06. The fraction of sp³-hybridized carbons (Fsp3) is 0.562. The van der Waals surface area contributed by atoms with Gasteiger partial charge in [-0.3, -0.25) is 9.10 Å². The second-order valence-corrected chi connectivity index (χ2v) is 7.37. The molecule has 0 unspecified atom stereocenters. The van der Waals surface area contributed by atoms with Crippen molar-refractivity contribution in [3.63, 3.8) is 0 Å². The van der Waals surface area contributed by atoms with Crippen LogP contribution in [0.5, 0.6) is 0 Å². The van der Waals surface area contributed by atoms with Crippen molar-refractivity contribution in [1.82, 2.24) is 4.90 Å². The molecule has 1 aromatic carbocycles. The Morgan fingerprint density at radius 1 is 1.14 bits per heavy atom. The Kier molecular flexibility index (Phi) is 6.87. The number of sulfonamides is 1. The summed E-state index contributed by atoms with van der Waals surface area (Å²) in [5, 5.41) is 0. The van der Waals surface area contributed by atoms with E-state index in [-0.39, 0.29) is 12.5 Å². The first-order chi connectivity index (χ1) is 10.3. The molecule has 1 amide bonds. The van der Waals surface area contributed by atoms with E-state index in [2.05, 4.69) is 6.92 Å². The number of benzene rings is 1. The molecule has 124 valence electrons. The molecule has 5 nitrogen and oxygen atoms in total. The maximum atomic E-state index is 12.2. The number of unbranched alkanes of at least 4 members (excludes halogenated alkanes) is 1. The van der Waals surface area contributed by atoms with Gasteiger partial charge in [0.2, 0.25) is 15.9 Å². The van der Waals surface area contributed by atoms with Gasteiger partial charge in [0, 0.05) is 13.6 Å². The minimum absolute atomic E-state index is 0.162. The lowest BCUT2D eigenvalue weighted by atomic mass is 10.1. The van der Waals surface area contributed by atoms with Crippen molar-refractivity contribution < 1.29 is 13.2 Å². The van der Waals surface area contributed by atoms with Gasteiger partial charge in [-0.05, 0) is 30.5 Å². The second kappa shape index (κ2) is 8.17. The molecule has 0 radical (unpaired) electrons. The minimum atomic E-state index is -3.50. The van der Waals surface area contributed by atoms with Crippen LogP contribution >= 0.6 is 0 Å². The quantitative estimate of drug-likeness (QED) is 0.736. The SMILES string of the molecule is CCCCN(C)C(=O)CN(c1ccc(CC)cc1)S(C)(=O)=O. The summed E-state index contributed by atoms with van der Waals surface area (Å²) in [6.07, 6.45) is 3.91. The van der Waals surface area contributed by atoms with Gasteiger partial charge in [-0.2, -0.15) is 0 Å². The van der Waals surface area contributed by atoms with Crippen molar-refractivity contribution in [3.8, 4) is 0 Å². The third-order valence-electron chi connectivity index (χ3n) is 3.58. The van der Waals surface area contributed by atoms with E-state index >= 15 is 0 Å². The van der Waals surface area contributed by atoms with Gasteiger partial charge in [0.05, 0.1) is 11.9 Å². The molecule has 0 spiro atoms. The summed E-state index contributed by atoms with van der Waals surface area (Å²) in [7, 11) is -1.79. The van der Waals surface area contributed by atoms with Crippen LogP contribution in [0.2, 0.25) is 0 Å². The first kappa shape index (κ1) is 18.5. The largest absolute Gasteiger partial charge is 0.344 e. The highest BCUT2D eigenvalue weighted by Gasteiger charge is 2.22. The van der Waals surface area contributed by atoms with Gasteiger partial charge in [0.25, 0.3) is 0 Å². The summed E-state index contributed by atoms with van der Waals surface area (Å²) in [4.78, 5) is 13.8. The Morgan fingerprint density at radius 3 is 2.18 bits per heavy atom. The van der Waals surface area contributed by atoms with Crippen LogP contribution in [0.15, 0.2) is 24.3 Å². The van der Waals surface area contributed by atoms with Crippen molar-refractivity contribution in [2.24, 2.45) is 0 Å². The Balaban J connectivity index is 2.92. The molecule has 0 aliphatic heterocycles. The lowest BCUT2D eigenvalue weighted by Gasteiger charge is -2.25. The number of carbonyl (C=O) groups excluding carboxylic acids is 1. The highest BCUT2D eigenvalue weighted by Crippen LogP contribution is 2.18. The minimum Gasteiger partial charge on any atom is -0.344 e. The van der Waals surface area contributed by atoms with Crippen LogP contribution in [0, 0.1) is 0 Å². The first-order valence-corrected chi connectivity index (χ1v) is 9.45. The Hall–Kier alpha value is -1.56. The van der Waals surface area contributed by atoms with Crippen molar-refractivity contribution in [2.45, 2.75) is 33.1 Å². The molecule has 0 heterocycles. The predicted octanol–water partition coefficient (Wildman–Crippen LogP) is 2.27. The van der Waals surface area contributed by atoms with Crippen molar-refractivity contribution in [1.29, 1.82) is 0 Å². The zero-order valence-electron chi connectivity index (χ0n) is 13.9. The highest BCUT2D eigenvalue weighted by atomic mass is 32.2. The number of likely N-dealkylation sites (N-methyl/N-ethyl adjacent to an activating group) is 1. The van der Waals surface area contributed by atoms with Gasteiger partial charge in [-0.15, -0.1) is 0 Å². The van der Waals surface area contributed by atoms with Crippen molar-refractivity contribution >= 4 is 21.6 Å². The molecule has 22 heavy (non-hydrogen) atoms. The molecule has 0 N–H and O–H groups in total. The zero-order valence-corrected chi connectivity index (χ0v) is 14.7. The van der Waals surface area contributed by atoms with Gasteiger partial charge in [-0.25, -0.2) is 8.42 Å². The van der Waals surface area contributed by atoms with Gasteiger partial charge in [0.15, 0.2) is 0 Å². The van der Waals surface area contributed by atoms with E-state index in [9.17, 15) is 13.2 Å². The number of amides is 1. The number of anilines is 1. The van der Waals surface area contributed by atoms with Crippen LogP contribution in [0.4, 0.5) is 5.69 Å². The fourth-order valence-corrected chi connectivity index (χ4v) is 2.91. The van der Waals surface area contributed by atoms with Gasteiger partial charge in [-0.1, -0.05) is 32.4 Å². The van der Waals surface area contributed by atoms with Crippen LogP contribution in [-0.2, 0) is 21.2 Å². The number of nitrogens with zero attached hydrogens (tertiary/aromatic N) is 2. The Bertz CT molecular complexity index is 582. The maximum absolute atomic E-state index is 12.2. The molecular formula is C16H26N2O3S. The van der Waals surface area contributed by atoms with E-state index < -0.39 is 10.0 Å². The standard InChI is InChI=1S/C16H26N2O3S/c1-5-7-12-17(3)16(19)13-18(22(4,20)21)15-10-8-14(6-2)9-11-15/h8-11H,5-7,12-13H2,1-4H3. The van der Waals surface area contributed by atoms with Gasteiger partial charge in [0.1, 0.15) is 6.54 Å². The summed E-state index contributed by atoms with van der Waals surface area (Å²) in [5.41, 5.74) is 1.65. The van der Waals surface area contributed by atoms with Crippen LogP contribution in [-0.4, -0.2) is 45.6 Å². The van der Waals surface area contributed by atoms with E-state index in [1.807, 2.05) is 19.1 Å². The van der Waals surface area contributed by atoms with E-state index in [0.717, 1.165) is 35.4 Å². The molecule has 0 bridgehead atoms. The normalized spacial score (nSPS) is 11.3. The van der Waals surface area contributed by atoms with E-state index in [4.69, 9.17) is 0 Å². The maximum Gasteiger partial charge on any atom is 0.243 e. The Morgan fingerprint density at radius 2 is 1.73 bits per heavy atom. The summed E-state index contributed by atoms with van der Waals surface area (Å²) >= 11 is 0. The molecule has 0 aromatic heterocycles. The molecule has 0 fully saturated rings. The predicted molar refractivity (Wildman–Crippen MR) is 90.6 cm³/mol. The van der Waals surface area contributed by atoms with Crippen LogP contribution in [0.3, 0.4) is 0 Å². The van der Waals surface area contributed by atoms with Gasteiger partial charge < -0.3 is 4.90 Å². The summed E-state index contributed by atoms with van der Waals surface area (Å²) in [6.45, 7) is 4.57. The average Bonchev–Trinajstić information content (AvgIpc) is 2.49. The lowest BCUT2D eigenvalue weighted by Crippen LogP contribution is -2.41. The molecular weight excluding hydrogens is 300 g/mol. The van der Waals surface area contributed by atoms with Crippen LogP contribution < -0.4 is 4.31 Å². The first-order valence-electron chi connectivity index (χ1n) is 7.60. The number of rotatable bonds is 8. The molecule has 0 atom stereocenters. The molecule has 6 heteroatoms.